The molecule has 0 N–H and O–H groups in total. The molecule has 0 saturated heterocycles. The van der Waals surface area contributed by atoms with Crippen LogP contribution in [0.25, 0.3) is 20.7 Å². The summed E-state index contributed by atoms with van der Waals surface area (Å²) in [5, 5.41) is 0. The highest BCUT2D eigenvalue weighted by Gasteiger charge is 2.14. The van der Waals surface area contributed by atoms with Crippen molar-refractivity contribution in [3.05, 3.63) is 11.0 Å². The van der Waals surface area contributed by atoms with Crippen LogP contribution < -0.4 is 0 Å². The molecule has 3 heterocycles. The smallest absolute Gasteiger partial charge is 0.154 e. The second-order valence-corrected chi connectivity index (χ2v) is 5.93. The fraction of sp³-hybridized carbons (Fsp3) is 0.500. The van der Waals surface area contributed by atoms with E-state index in [9.17, 15) is 0 Å². The first-order valence-corrected chi connectivity index (χ1v) is 7.82. The Bertz CT molecular complexity index is 572. The molecule has 0 aliphatic heterocycles. The fourth-order valence-electron chi connectivity index (χ4n) is 2.18. The Morgan fingerprint density at radius 1 is 1.00 bits per heavy atom. The number of unbranched alkanes of at least 4 members (excludes halogenated alkanes) is 3. The van der Waals surface area contributed by atoms with Gasteiger partial charge in [-0.3, -0.25) is 0 Å². The van der Waals surface area contributed by atoms with E-state index in [4.69, 9.17) is 0 Å². The molecule has 0 aromatic carbocycles. The van der Waals surface area contributed by atoms with Crippen molar-refractivity contribution in [1.29, 1.82) is 0 Å². The molecule has 3 aromatic rings. The number of thiazole rings is 2. The summed E-state index contributed by atoms with van der Waals surface area (Å²) in [6.45, 7) is 3.29. The van der Waals surface area contributed by atoms with E-state index < -0.39 is 0 Å². The highest BCUT2D eigenvalue weighted by Crippen LogP contribution is 2.33. The van der Waals surface area contributed by atoms with E-state index in [1.807, 2.05) is 11.0 Å². The van der Waals surface area contributed by atoms with Crippen molar-refractivity contribution in [3.8, 4) is 0 Å². The van der Waals surface area contributed by atoms with Gasteiger partial charge in [-0.25, -0.2) is 9.97 Å². The number of hydrogen-bond acceptors (Lipinski definition) is 4. The fourth-order valence-corrected chi connectivity index (χ4v) is 3.92. The van der Waals surface area contributed by atoms with Gasteiger partial charge in [0.2, 0.25) is 0 Å². The molecule has 0 spiro atoms. The Hall–Kier alpha value is -0.940. The van der Waals surface area contributed by atoms with Crippen molar-refractivity contribution in [2.75, 3.05) is 0 Å². The van der Waals surface area contributed by atoms with Gasteiger partial charge in [0, 0.05) is 6.54 Å². The third-order valence-electron chi connectivity index (χ3n) is 3.05. The van der Waals surface area contributed by atoms with Crippen LogP contribution >= 0.6 is 22.7 Å². The van der Waals surface area contributed by atoms with Crippen LogP contribution in [0.1, 0.15) is 32.6 Å². The first kappa shape index (κ1) is 11.2. The number of nitrogens with zero attached hydrogens (tertiary/aromatic N) is 3. The molecule has 17 heavy (non-hydrogen) atoms. The summed E-state index contributed by atoms with van der Waals surface area (Å²) < 4.78 is 4.89. The predicted octanol–water partition coefficient (Wildman–Crippen LogP) is 4.29. The third-order valence-corrected chi connectivity index (χ3v) is 4.85. The normalized spacial score (nSPS) is 11.8. The Morgan fingerprint density at radius 2 is 1.65 bits per heavy atom. The van der Waals surface area contributed by atoms with E-state index in [2.05, 4.69) is 21.5 Å². The number of fused-ring (bicyclic) bond motifs is 3. The summed E-state index contributed by atoms with van der Waals surface area (Å²) in [5.41, 5.74) is 6.13. The average Bonchev–Trinajstić information content (AvgIpc) is 2.99. The molecule has 3 nitrogen and oxygen atoms in total. The van der Waals surface area contributed by atoms with Gasteiger partial charge in [-0.1, -0.05) is 26.2 Å². The number of hydrogen-bond donors (Lipinski definition) is 0. The predicted molar refractivity (Wildman–Crippen MR) is 74.9 cm³/mol. The Labute approximate surface area is 108 Å². The summed E-state index contributed by atoms with van der Waals surface area (Å²) >= 11 is 3.45. The van der Waals surface area contributed by atoms with Crippen LogP contribution in [-0.4, -0.2) is 14.5 Å². The van der Waals surface area contributed by atoms with Crippen LogP contribution in [0, 0.1) is 0 Å². The van der Waals surface area contributed by atoms with Gasteiger partial charge in [-0.05, 0) is 6.42 Å². The van der Waals surface area contributed by atoms with Crippen molar-refractivity contribution < 1.29 is 0 Å². The van der Waals surface area contributed by atoms with Crippen LogP contribution in [0.3, 0.4) is 0 Å². The second-order valence-electron chi connectivity index (χ2n) is 4.22. The molecule has 0 unspecified atom stereocenters. The van der Waals surface area contributed by atoms with Crippen LogP contribution in [0.5, 0.6) is 0 Å². The van der Waals surface area contributed by atoms with E-state index in [-0.39, 0.29) is 0 Å². The molecular weight excluding hydrogens is 250 g/mol. The Morgan fingerprint density at radius 3 is 2.24 bits per heavy atom. The summed E-state index contributed by atoms with van der Waals surface area (Å²) in [5.74, 6) is 0. The largest absolute Gasteiger partial charge is 0.309 e. The SMILES string of the molecule is CCCCCCn1c2ncsc2c2scnc21. The monoisotopic (exact) mass is 265 g/mol. The van der Waals surface area contributed by atoms with Gasteiger partial charge in [-0.15, -0.1) is 22.7 Å². The van der Waals surface area contributed by atoms with Gasteiger partial charge in [0.1, 0.15) is 0 Å². The second kappa shape index (κ2) is 4.74. The zero-order chi connectivity index (χ0) is 11.7. The zero-order valence-corrected chi connectivity index (χ0v) is 11.5. The summed E-state index contributed by atoms with van der Waals surface area (Å²) in [7, 11) is 0. The van der Waals surface area contributed by atoms with E-state index in [0.29, 0.717) is 0 Å². The molecule has 0 radical (unpaired) electrons. The van der Waals surface area contributed by atoms with Crippen molar-refractivity contribution >= 4 is 43.4 Å². The summed E-state index contributed by atoms with van der Waals surface area (Å²) in [6, 6.07) is 0. The Balaban J connectivity index is 1.93. The molecule has 0 bridgehead atoms. The molecule has 0 saturated carbocycles. The van der Waals surface area contributed by atoms with Gasteiger partial charge in [0.15, 0.2) is 11.3 Å². The molecule has 0 aliphatic rings. The number of aromatic nitrogens is 3. The van der Waals surface area contributed by atoms with Crippen LogP contribution in [-0.2, 0) is 6.54 Å². The lowest BCUT2D eigenvalue weighted by Gasteiger charge is -2.03. The molecule has 0 fully saturated rings. The molecule has 0 aliphatic carbocycles. The quantitative estimate of drug-likeness (QED) is 0.644. The van der Waals surface area contributed by atoms with E-state index in [1.165, 1.54) is 35.1 Å². The molecule has 0 atom stereocenters. The van der Waals surface area contributed by atoms with Gasteiger partial charge in [-0.2, -0.15) is 0 Å². The lowest BCUT2D eigenvalue weighted by molar-refractivity contribution is 0.598. The van der Waals surface area contributed by atoms with E-state index in [0.717, 1.165) is 17.8 Å². The standard InChI is InChI=1S/C12H15N3S2/c1-2-3-4-5-6-15-11-9(16-7-13-11)10-12(15)14-8-17-10/h7-8H,2-6H2,1H3. The molecular formula is C12H15N3S2. The van der Waals surface area contributed by atoms with Gasteiger partial charge < -0.3 is 4.57 Å². The molecule has 5 heteroatoms. The minimum Gasteiger partial charge on any atom is -0.309 e. The maximum Gasteiger partial charge on any atom is 0.154 e. The molecule has 3 aromatic heterocycles. The summed E-state index contributed by atoms with van der Waals surface area (Å²) in [6.07, 6.45) is 5.12. The van der Waals surface area contributed by atoms with Crippen molar-refractivity contribution in [2.45, 2.75) is 39.2 Å². The lowest BCUT2D eigenvalue weighted by Crippen LogP contribution is -1.98. The van der Waals surface area contributed by atoms with E-state index >= 15 is 0 Å². The van der Waals surface area contributed by atoms with Crippen LogP contribution in [0.2, 0.25) is 0 Å². The van der Waals surface area contributed by atoms with Crippen molar-refractivity contribution in [1.82, 2.24) is 14.5 Å². The number of aryl methyl sites for hydroxylation is 1. The minimum absolute atomic E-state index is 1.05. The van der Waals surface area contributed by atoms with Crippen LogP contribution in [0.4, 0.5) is 0 Å². The third kappa shape index (κ3) is 1.87. The molecule has 0 amide bonds. The highest BCUT2D eigenvalue weighted by molar-refractivity contribution is 7.25. The van der Waals surface area contributed by atoms with E-state index in [1.54, 1.807) is 22.7 Å². The average molecular weight is 265 g/mol. The van der Waals surface area contributed by atoms with Gasteiger partial charge in [0.05, 0.1) is 20.4 Å². The Kier molecular flexibility index (Phi) is 3.11. The minimum atomic E-state index is 1.05. The highest BCUT2D eigenvalue weighted by atomic mass is 32.1. The van der Waals surface area contributed by atoms with Crippen molar-refractivity contribution in [2.24, 2.45) is 0 Å². The molecule has 3 rings (SSSR count). The maximum atomic E-state index is 4.48. The molecule has 90 valence electrons. The lowest BCUT2D eigenvalue weighted by atomic mass is 10.2. The van der Waals surface area contributed by atoms with Crippen LogP contribution in [0.15, 0.2) is 11.0 Å². The topological polar surface area (TPSA) is 30.7 Å². The first-order valence-electron chi connectivity index (χ1n) is 6.06. The summed E-state index contributed by atoms with van der Waals surface area (Å²) in [4.78, 5) is 8.95. The maximum absolute atomic E-state index is 4.48. The number of rotatable bonds is 5. The zero-order valence-electron chi connectivity index (χ0n) is 9.85. The van der Waals surface area contributed by atoms with Gasteiger partial charge >= 0.3 is 0 Å². The first-order chi connectivity index (χ1) is 8.42. The van der Waals surface area contributed by atoms with Gasteiger partial charge in [0.25, 0.3) is 0 Å². The van der Waals surface area contributed by atoms with Crippen molar-refractivity contribution in [3.63, 3.8) is 0 Å².